The maximum atomic E-state index is 12.5. The number of ether oxygens (including phenoxy) is 3. The molecule has 0 saturated heterocycles. The standard InChI is InChI=1S/C24H20BrN3O6/c1-32-18-10-7-15(8-11-18)24(31)34-20-12-9-17(25)13-16(20)14-26-28-23(30)22(29)27-19-5-3-4-6-21(19)33-2/h3-14H,1-2H3,(H,27,29)(H,28,30). The van der Waals surface area contributed by atoms with Gasteiger partial charge in [-0.05, 0) is 54.6 Å². The topological polar surface area (TPSA) is 115 Å². The summed E-state index contributed by atoms with van der Waals surface area (Å²) in [6.07, 6.45) is 1.26. The quantitative estimate of drug-likeness (QED) is 0.159. The van der Waals surface area contributed by atoms with E-state index in [0.717, 1.165) is 0 Å². The molecular formula is C24H20BrN3O6. The lowest BCUT2D eigenvalue weighted by molar-refractivity contribution is -0.136. The fraction of sp³-hybridized carbons (Fsp3) is 0.0833. The summed E-state index contributed by atoms with van der Waals surface area (Å²) < 4.78 is 16.4. The van der Waals surface area contributed by atoms with Crippen molar-refractivity contribution >= 4 is 45.6 Å². The monoisotopic (exact) mass is 525 g/mol. The Morgan fingerprint density at radius 3 is 2.32 bits per heavy atom. The summed E-state index contributed by atoms with van der Waals surface area (Å²) in [5, 5.41) is 6.25. The summed E-state index contributed by atoms with van der Waals surface area (Å²) in [4.78, 5) is 36.8. The summed E-state index contributed by atoms with van der Waals surface area (Å²) in [6, 6.07) is 18.0. The van der Waals surface area contributed by atoms with Crippen LogP contribution in [0.4, 0.5) is 5.69 Å². The minimum atomic E-state index is -0.992. The molecule has 2 N–H and O–H groups in total. The minimum Gasteiger partial charge on any atom is -0.497 e. The Kier molecular flexibility index (Phi) is 8.36. The largest absolute Gasteiger partial charge is 0.497 e. The first-order chi connectivity index (χ1) is 16.4. The molecule has 2 amide bonds. The summed E-state index contributed by atoms with van der Waals surface area (Å²) in [5.41, 5.74) is 3.20. The highest BCUT2D eigenvalue weighted by atomic mass is 79.9. The maximum absolute atomic E-state index is 12.5. The van der Waals surface area contributed by atoms with Gasteiger partial charge in [-0.25, -0.2) is 10.2 Å². The van der Waals surface area contributed by atoms with E-state index >= 15 is 0 Å². The van der Waals surface area contributed by atoms with Crippen molar-refractivity contribution in [3.8, 4) is 17.2 Å². The molecule has 0 saturated carbocycles. The Morgan fingerprint density at radius 2 is 1.62 bits per heavy atom. The molecular weight excluding hydrogens is 506 g/mol. The number of esters is 1. The van der Waals surface area contributed by atoms with Crippen molar-refractivity contribution in [2.75, 3.05) is 19.5 Å². The van der Waals surface area contributed by atoms with Gasteiger partial charge in [-0.3, -0.25) is 9.59 Å². The Labute approximate surface area is 203 Å². The second-order valence-electron chi connectivity index (χ2n) is 6.65. The first-order valence-electron chi connectivity index (χ1n) is 9.84. The van der Waals surface area contributed by atoms with Crippen LogP contribution in [0.2, 0.25) is 0 Å². The van der Waals surface area contributed by atoms with Gasteiger partial charge < -0.3 is 19.5 Å². The molecule has 34 heavy (non-hydrogen) atoms. The van der Waals surface area contributed by atoms with E-state index in [1.165, 1.54) is 20.4 Å². The van der Waals surface area contributed by atoms with Crippen LogP contribution in [0.3, 0.4) is 0 Å². The Morgan fingerprint density at radius 1 is 0.882 bits per heavy atom. The minimum absolute atomic E-state index is 0.209. The molecule has 0 aliphatic carbocycles. The first kappa shape index (κ1) is 24.5. The van der Waals surface area contributed by atoms with Gasteiger partial charge in [-0.1, -0.05) is 28.1 Å². The molecule has 0 heterocycles. The van der Waals surface area contributed by atoms with Gasteiger partial charge in [0.05, 0.1) is 31.7 Å². The van der Waals surface area contributed by atoms with Gasteiger partial charge in [-0.2, -0.15) is 5.10 Å². The fourth-order valence-corrected chi connectivity index (χ4v) is 3.12. The number of para-hydroxylation sites is 2. The summed E-state index contributed by atoms with van der Waals surface area (Å²) in [6.45, 7) is 0. The zero-order valence-electron chi connectivity index (χ0n) is 18.2. The van der Waals surface area contributed by atoms with Crippen molar-refractivity contribution in [2.24, 2.45) is 5.10 Å². The molecule has 0 fully saturated rings. The van der Waals surface area contributed by atoms with Crippen LogP contribution in [-0.4, -0.2) is 38.2 Å². The normalized spacial score (nSPS) is 10.4. The molecule has 3 aromatic carbocycles. The van der Waals surface area contributed by atoms with E-state index in [2.05, 4.69) is 31.8 Å². The average molecular weight is 526 g/mol. The second kappa shape index (κ2) is 11.6. The van der Waals surface area contributed by atoms with Gasteiger partial charge in [0, 0.05) is 10.0 Å². The molecule has 0 aliphatic heterocycles. The van der Waals surface area contributed by atoms with Crippen LogP contribution in [-0.2, 0) is 9.59 Å². The number of rotatable bonds is 7. The van der Waals surface area contributed by atoms with Gasteiger partial charge >= 0.3 is 17.8 Å². The van der Waals surface area contributed by atoms with Gasteiger partial charge in [-0.15, -0.1) is 0 Å². The van der Waals surface area contributed by atoms with Crippen LogP contribution >= 0.6 is 15.9 Å². The van der Waals surface area contributed by atoms with Crippen molar-refractivity contribution in [3.05, 3.63) is 82.3 Å². The molecule has 174 valence electrons. The molecule has 0 unspecified atom stereocenters. The Hall–Kier alpha value is -4.18. The molecule has 10 heteroatoms. The van der Waals surface area contributed by atoms with Crippen LogP contribution in [0, 0.1) is 0 Å². The van der Waals surface area contributed by atoms with Crippen LogP contribution in [0.25, 0.3) is 0 Å². The second-order valence-corrected chi connectivity index (χ2v) is 7.57. The molecule has 0 aliphatic rings. The maximum Gasteiger partial charge on any atom is 0.343 e. The highest BCUT2D eigenvalue weighted by molar-refractivity contribution is 9.10. The molecule has 9 nitrogen and oxygen atoms in total. The molecule has 0 aromatic heterocycles. The number of amides is 2. The van der Waals surface area contributed by atoms with E-state index < -0.39 is 17.8 Å². The third-order valence-electron chi connectivity index (χ3n) is 4.43. The molecule has 0 atom stereocenters. The number of anilines is 1. The third-order valence-corrected chi connectivity index (χ3v) is 4.92. The number of halogens is 1. The van der Waals surface area contributed by atoms with Crippen molar-refractivity contribution in [1.29, 1.82) is 0 Å². The number of hydrazone groups is 1. The summed E-state index contributed by atoms with van der Waals surface area (Å²) >= 11 is 3.34. The van der Waals surface area contributed by atoms with Crippen LogP contribution in [0.5, 0.6) is 17.2 Å². The molecule has 3 rings (SSSR count). The van der Waals surface area contributed by atoms with Crippen LogP contribution < -0.4 is 25.0 Å². The zero-order valence-corrected chi connectivity index (χ0v) is 19.8. The lowest BCUT2D eigenvalue weighted by Gasteiger charge is -2.09. The average Bonchev–Trinajstić information content (AvgIpc) is 2.85. The number of methoxy groups -OCH3 is 2. The fourth-order valence-electron chi connectivity index (χ4n) is 2.74. The van der Waals surface area contributed by atoms with E-state index in [9.17, 15) is 14.4 Å². The molecule has 3 aromatic rings. The van der Waals surface area contributed by atoms with Gasteiger partial charge in [0.25, 0.3) is 0 Å². The first-order valence-corrected chi connectivity index (χ1v) is 10.6. The predicted octanol–water partition coefficient (Wildman–Crippen LogP) is 3.77. The number of hydrogen-bond acceptors (Lipinski definition) is 7. The number of hydrogen-bond donors (Lipinski definition) is 2. The summed E-state index contributed by atoms with van der Waals surface area (Å²) in [7, 11) is 2.98. The van der Waals surface area contributed by atoms with Gasteiger partial charge in [0.15, 0.2) is 0 Å². The van der Waals surface area contributed by atoms with Crippen LogP contribution in [0.1, 0.15) is 15.9 Å². The number of carbonyl (C=O) groups excluding carboxylic acids is 3. The van der Waals surface area contributed by atoms with E-state index in [4.69, 9.17) is 14.2 Å². The van der Waals surface area contributed by atoms with E-state index in [-0.39, 0.29) is 5.75 Å². The Bertz CT molecular complexity index is 1230. The van der Waals surface area contributed by atoms with Crippen LogP contribution in [0.15, 0.2) is 76.3 Å². The SMILES string of the molecule is COc1ccc(C(=O)Oc2ccc(Br)cc2C=NNC(=O)C(=O)Nc2ccccc2OC)cc1. The third kappa shape index (κ3) is 6.42. The van der Waals surface area contributed by atoms with Gasteiger partial charge in [0.1, 0.15) is 17.2 Å². The predicted molar refractivity (Wildman–Crippen MR) is 129 cm³/mol. The highest BCUT2D eigenvalue weighted by Crippen LogP contribution is 2.24. The van der Waals surface area contributed by atoms with E-state index in [1.54, 1.807) is 66.7 Å². The Balaban J connectivity index is 1.67. The van der Waals surface area contributed by atoms with Crippen molar-refractivity contribution < 1.29 is 28.6 Å². The number of benzene rings is 3. The zero-order chi connectivity index (χ0) is 24.5. The molecule has 0 bridgehead atoms. The number of nitrogens with one attached hydrogen (secondary N) is 2. The molecule has 0 radical (unpaired) electrons. The lowest BCUT2D eigenvalue weighted by atomic mass is 10.2. The van der Waals surface area contributed by atoms with E-state index in [0.29, 0.717) is 32.8 Å². The van der Waals surface area contributed by atoms with Crippen molar-refractivity contribution in [1.82, 2.24) is 5.43 Å². The summed E-state index contributed by atoms with van der Waals surface area (Å²) in [5.74, 6) is -1.28. The number of carbonyl (C=O) groups is 3. The smallest absolute Gasteiger partial charge is 0.343 e. The molecule has 0 spiro atoms. The number of nitrogens with zero attached hydrogens (tertiary/aromatic N) is 1. The highest BCUT2D eigenvalue weighted by Gasteiger charge is 2.16. The van der Waals surface area contributed by atoms with Crippen molar-refractivity contribution in [2.45, 2.75) is 0 Å². The van der Waals surface area contributed by atoms with Crippen molar-refractivity contribution in [3.63, 3.8) is 0 Å². The van der Waals surface area contributed by atoms with E-state index in [1.807, 2.05) is 0 Å². The lowest BCUT2D eigenvalue weighted by Crippen LogP contribution is -2.32. The van der Waals surface area contributed by atoms with Gasteiger partial charge in [0.2, 0.25) is 0 Å².